The van der Waals surface area contributed by atoms with E-state index in [4.69, 9.17) is 14.2 Å². The predicted octanol–water partition coefficient (Wildman–Crippen LogP) is 20.2. The molecule has 6 heteroatoms. The maximum atomic E-state index is 12.9. The Hall–Kier alpha value is -1.59. The van der Waals surface area contributed by atoms with Crippen molar-refractivity contribution in [3.63, 3.8) is 0 Å². The molecular formula is C61H118O6. The average Bonchev–Trinajstić information content (AvgIpc) is 3.31. The molecule has 0 amide bonds. The molecule has 67 heavy (non-hydrogen) atoms. The normalized spacial score (nSPS) is 12.0. The molecule has 0 aromatic carbocycles. The number of carbonyl (C=O) groups excluding carboxylic acids is 3. The van der Waals surface area contributed by atoms with E-state index in [1.807, 2.05) is 0 Å². The molecule has 0 radical (unpaired) electrons. The molecule has 0 aromatic heterocycles. The van der Waals surface area contributed by atoms with E-state index in [-0.39, 0.29) is 31.1 Å². The third-order valence-corrected chi connectivity index (χ3v) is 14.0. The highest BCUT2D eigenvalue weighted by Crippen LogP contribution is 2.18. The summed E-state index contributed by atoms with van der Waals surface area (Å²) in [5.74, 6) is 0.0171. The zero-order valence-corrected chi connectivity index (χ0v) is 45.9. The number of hydrogen-bond donors (Lipinski definition) is 0. The van der Waals surface area contributed by atoms with Gasteiger partial charge in [-0.3, -0.25) is 14.4 Å². The van der Waals surface area contributed by atoms with Gasteiger partial charge < -0.3 is 14.2 Å². The second-order valence-electron chi connectivity index (χ2n) is 21.5. The van der Waals surface area contributed by atoms with Crippen molar-refractivity contribution in [2.75, 3.05) is 13.2 Å². The zero-order valence-electron chi connectivity index (χ0n) is 45.9. The van der Waals surface area contributed by atoms with Crippen LogP contribution in [-0.2, 0) is 28.6 Å². The summed E-state index contributed by atoms with van der Waals surface area (Å²) in [4.78, 5) is 38.2. The van der Waals surface area contributed by atoms with Crippen LogP contribution in [0.3, 0.4) is 0 Å². The number of esters is 3. The van der Waals surface area contributed by atoms with Crippen LogP contribution in [0.15, 0.2) is 0 Å². The molecule has 0 bridgehead atoms. The number of rotatable bonds is 56. The molecule has 398 valence electrons. The van der Waals surface area contributed by atoms with Crippen LogP contribution < -0.4 is 0 Å². The van der Waals surface area contributed by atoms with E-state index < -0.39 is 6.10 Å². The Balaban J connectivity index is 4.28. The first-order valence-electron chi connectivity index (χ1n) is 30.4. The van der Waals surface area contributed by atoms with Gasteiger partial charge in [-0.25, -0.2) is 0 Å². The lowest BCUT2D eigenvalue weighted by Gasteiger charge is -2.18. The van der Waals surface area contributed by atoms with Crippen molar-refractivity contribution in [2.45, 2.75) is 355 Å². The third-order valence-electron chi connectivity index (χ3n) is 14.0. The van der Waals surface area contributed by atoms with E-state index >= 15 is 0 Å². The fourth-order valence-electron chi connectivity index (χ4n) is 9.46. The summed E-state index contributed by atoms with van der Waals surface area (Å²) in [7, 11) is 0. The first kappa shape index (κ1) is 65.4. The Morgan fingerprint density at radius 3 is 0.731 bits per heavy atom. The first-order chi connectivity index (χ1) is 32.9. The lowest BCUT2D eigenvalue weighted by molar-refractivity contribution is -0.167. The summed E-state index contributed by atoms with van der Waals surface area (Å²) < 4.78 is 16.9. The van der Waals surface area contributed by atoms with Crippen LogP contribution in [0.4, 0.5) is 0 Å². The lowest BCUT2D eigenvalue weighted by Crippen LogP contribution is -2.30. The summed E-state index contributed by atoms with van der Waals surface area (Å²) in [6.07, 6.45) is 60.9. The molecule has 1 atom stereocenters. The average molecular weight is 948 g/mol. The SMILES string of the molecule is CCCCCCCCCCCCCCCCCCCC(=O)OC[C@H](COC(=O)CCCCCCCCCCCCCCCC)OC(=O)CCCCCCCCCCCCCCCCCC(C)C. The minimum atomic E-state index is -0.762. The lowest BCUT2D eigenvalue weighted by atomic mass is 10.0. The van der Waals surface area contributed by atoms with Crippen molar-refractivity contribution in [1.29, 1.82) is 0 Å². The van der Waals surface area contributed by atoms with E-state index in [0.29, 0.717) is 19.3 Å². The van der Waals surface area contributed by atoms with Crippen molar-refractivity contribution in [1.82, 2.24) is 0 Å². The molecule has 0 N–H and O–H groups in total. The molecule has 0 aliphatic heterocycles. The topological polar surface area (TPSA) is 78.9 Å². The van der Waals surface area contributed by atoms with Crippen LogP contribution in [0, 0.1) is 5.92 Å². The highest BCUT2D eigenvalue weighted by atomic mass is 16.6. The van der Waals surface area contributed by atoms with Crippen LogP contribution >= 0.6 is 0 Å². The van der Waals surface area contributed by atoms with Gasteiger partial charge in [0.15, 0.2) is 6.10 Å². The van der Waals surface area contributed by atoms with Crippen molar-refractivity contribution in [3.05, 3.63) is 0 Å². The Morgan fingerprint density at radius 2 is 0.493 bits per heavy atom. The van der Waals surface area contributed by atoms with Crippen LogP contribution in [-0.4, -0.2) is 37.2 Å². The molecule has 0 aliphatic carbocycles. The summed E-state index contributed by atoms with van der Waals surface area (Å²) in [5.41, 5.74) is 0. The van der Waals surface area contributed by atoms with Crippen LogP contribution in [0.2, 0.25) is 0 Å². The summed E-state index contributed by atoms with van der Waals surface area (Å²) >= 11 is 0. The summed E-state index contributed by atoms with van der Waals surface area (Å²) in [5, 5.41) is 0. The standard InChI is InChI=1S/C61H118O6/c1-5-7-9-11-13-15-17-19-21-22-25-29-33-37-41-45-49-53-60(63)66-56-58(55-65-59(62)52-48-44-40-36-32-28-20-18-16-14-12-10-8-6-2)67-61(64)54-50-46-42-38-34-30-26-23-24-27-31-35-39-43-47-51-57(3)4/h57-58H,5-56H2,1-4H3/t58-/m0/s1. The number of hydrogen-bond acceptors (Lipinski definition) is 6. The van der Waals surface area contributed by atoms with E-state index in [0.717, 1.165) is 63.7 Å². The Morgan fingerprint density at radius 1 is 0.284 bits per heavy atom. The second kappa shape index (κ2) is 55.3. The zero-order chi connectivity index (χ0) is 48.8. The molecule has 0 aliphatic rings. The van der Waals surface area contributed by atoms with Gasteiger partial charge in [0.1, 0.15) is 13.2 Å². The molecule has 0 spiro atoms. The van der Waals surface area contributed by atoms with Crippen molar-refractivity contribution < 1.29 is 28.6 Å². The first-order valence-corrected chi connectivity index (χ1v) is 30.4. The van der Waals surface area contributed by atoms with Gasteiger partial charge in [-0.15, -0.1) is 0 Å². The van der Waals surface area contributed by atoms with Gasteiger partial charge in [0.2, 0.25) is 0 Å². The largest absolute Gasteiger partial charge is 0.462 e. The van der Waals surface area contributed by atoms with Gasteiger partial charge in [-0.1, -0.05) is 310 Å². The summed E-state index contributed by atoms with van der Waals surface area (Å²) in [6, 6.07) is 0. The van der Waals surface area contributed by atoms with E-state index in [1.165, 1.54) is 244 Å². The Labute approximate surface area is 418 Å². The van der Waals surface area contributed by atoms with Crippen molar-refractivity contribution >= 4 is 17.9 Å². The van der Waals surface area contributed by atoms with Gasteiger partial charge in [-0.2, -0.15) is 0 Å². The molecular weight excluding hydrogens is 829 g/mol. The molecule has 6 nitrogen and oxygen atoms in total. The van der Waals surface area contributed by atoms with Crippen LogP contribution in [0.5, 0.6) is 0 Å². The quantitative estimate of drug-likeness (QED) is 0.0343. The molecule has 0 saturated carbocycles. The van der Waals surface area contributed by atoms with Crippen LogP contribution in [0.25, 0.3) is 0 Å². The third kappa shape index (κ3) is 55.2. The summed E-state index contributed by atoms with van der Waals surface area (Å²) in [6.45, 7) is 9.08. The highest BCUT2D eigenvalue weighted by Gasteiger charge is 2.19. The molecule has 0 heterocycles. The maximum Gasteiger partial charge on any atom is 0.306 e. The van der Waals surface area contributed by atoms with Gasteiger partial charge in [0.25, 0.3) is 0 Å². The van der Waals surface area contributed by atoms with Crippen molar-refractivity contribution in [2.24, 2.45) is 5.92 Å². The molecule has 0 rings (SSSR count). The number of carbonyl (C=O) groups is 3. The molecule has 0 saturated heterocycles. The van der Waals surface area contributed by atoms with E-state index in [1.54, 1.807) is 0 Å². The van der Waals surface area contributed by atoms with Crippen molar-refractivity contribution in [3.8, 4) is 0 Å². The van der Waals surface area contributed by atoms with E-state index in [9.17, 15) is 14.4 Å². The molecule has 0 aromatic rings. The highest BCUT2D eigenvalue weighted by molar-refractivity contribution is 5.71. The smallest absolute Gasteiger partial charge is 0.306 e. The van der Waals surface area contributed by atoms with Crippen LogP contribution in [0.1, 0.15) is 349 Å². The second-order valence-corrected chi connectivity index (χ2v) is 21.5. The predicted molar refractivity (Wildman–Crippen MR) is 289 cm³/mol. The molecule has 0 unspecified atom stereocenters. The fraction of sp³-hybridized carbons (Fsp3) is 0.951. The van der Waals surface area contributed by atoms with Gasteiger partial charge in [-0.05, 0) is 25.2 Å². The maximum absolute atomic E-state index is 12.9. The van der Waals surface area contributed by atoms with Gasteiger partial charge >= 0.3 is 17.9 Å². The van der Waals surface area contributed by atoms with E-state index in [2.05, 4.69) is 27.7 Å². The fourth-order valence-corrected chi connectivity index (χ4v) is 9.46. The molecule has 0 fully saturated rings. The van der Waals surface area contributed by atoms with Gasteiger partial charge in [0.05, 0.1) is 0 Å². The Kier molecular flexibility index (Phi) is 54.0. The number of ether oxygens (including phenoxy) is 3. The van der Waals surface area contributed by atoms with Gasteiger partial charge in [0, 0.05) is 19.3 Å². The minimum absolute atomic E-state index is 0.0614. The minimum Gasteiger partial charge on any atom is -0.462 e. The Bertz CT molecular complexity index is 1010. The number of unbranched alkanes of at least 4 members (excludes halogenated alkanes) is 43. The monoisotopic (exact) mass is 947 g/mol.